The van der Waals surface area contributed by atoms with E-state index in [-0.39, 0.29) is 24.5 Å². The third kappa shape index (κ3) is 8.50. The van der Waals surface area contributed by atoms with E-state index in [1.54, 1.807) is 60.7 Å². The number of nitrogens with one attached hydrogen (secondary N) is 1. The number of benzene rings is 3. The summed E-state index contributed by atoms with van der Waals surface area (Å²) in [5.74, 6) is -2.29. The van der Waals surface area contributed by atoms with Crippen molar-refractivity contribution in [2.75, 3.05) is 0 Å². The summed E-state index contributed by atoms with van der Waals surface area (Å²) in [5.41, 5.74) is 1.47. The monoisotopic (exact) mass is 505 g/mol. The minimum absolute atomic E-state index is 0.00522. The van der Waals surface area contributed by atoms with Crippen LogP contribution in [0.5, 0.6) is 5.75 Å². The molecule has 37 heavy (non-hydrogen) atoms. The van der Waals surface area contributed by atoms with Crippen molar-refractivity contribution in [1.82, 2.24) is 5.32 Å². The van der Waals surface area contributed by atoms with Crippen molar-refractivity contribution in [3.8, 4) is 5.75 Å². The van der Waals surface area contributed by atoms with Crippen LogP contribution in [0.3, 0.4) is 0 Å². The molecular formula is C28H27NO8. The minimum Gasteiger partial charge on any atom is -0.459 e. The number of carbonyl (C=O) groups excluding carboxylic acids is 4. The lowest BCUT2D eigenvalue weighted by Gasteiger charge is -2.24. The van der Waals surface area contributed by atoms with E-state index in [1.807, 2.05) is 12.1 Å². The molecule has 1 N–H and O–H groups in total. The third-order valence-corrected chi connectivity index (χ3v) is 5.09. The van der Waals surface area contributed by atoms with Crippen LogP contribution in [0.4, 0.5) is 4.79 Å². The van der Waals surface area contributed by atoms with Gasteiger partial charge in [-0.3, -0.25) is 4.79 Å². The SMILES string of the molecule is CC(=O)Oc1ccccc1C(=O)O[C@H](C)C(NC(=O)OCc1ccccc1)C(=O)OCc1ccccc1. The van der Waals surface area contributed by atoms with Crippen molar-refractivity contribution in [3.05, 3.63) is 102 Å². The van der Waals surface area contributed by atoms with E-state index in [1.165, 1.54) is 26.0 Å². The highest BCUT2D eigenvalue weighted by atomic mass is 16.6. The van der Waals surface area contributed by atoms with Crippen molar-refractivity contribution in [1.29, 1.82) is 0 Å². The van der Waals surface area contributed by atoms with Gasteiger partial charge < -0.3 is 24.3 Å². The summed E-state index contributed by atoms with van der Waals surface area (Å²) in [6.45, 7) is 2.56. The van der Waals surface area contributed by atoms with E-state index in [4.69, 9.17) is 18.9 Å². The molecule has 0 aliphatic heterocycles. The van der Waals surface area contributed by atoms with Crippen molar-refractivity contribution >= 4 is 24.0 Å². The predicted octanol–water partition coefficient (Wildman–Crippen LogP) is 4.20. The zero-order valence-corrected chi connectivity index (χ0v) is 20.4. The molecule has 0 saturated heterocycles. The van der Waals surface area contributed by atoms with Crippen LogP contribution in [0, 0.1) is 0 Å². The topological polar surface area (TPSA) is 117 Å². The largest absolute Gasteiger partial charge is 0.459 e. The van der Waals surface area contributed by atoms with Crippen LogP contribution in [0.25, 0.3) is 0 Å². The van der Waals surface area contributed by atoms with Crippen LogP contribution in [0.2, 0.25) is 0 Å². The molecule has 0 aromatic heterocycles. The Kier molecular flexibility index (Phi) is 9.78. The first kappa shape index (κ1) is 26.9. The van der Waals surface area contributed by atoms with Crippen LogP contribution >= 0.6 is 0 Å². The lowest BCUT2D eigenvalue weighted by Crippen LogP contribution is -2.50. The molecule has 0 saturated carbocycles. The van der Waals surface area contributed by atoms with Gasteiger partial charge in [-0.2, -0.15) is 0 Å². The lowest BCUT2D eigenvalue weighted by molar-refractivity contribution is -0.150. The number of amides is 1. The van der Waals surface area contributed by atoms with Gasteiger partial charge in [0.1, 0.15) is 30.6 Å². The van der Waals surface area contributed by atoms with Gasteiger partial charge in [0.2, 0.25) is 0 Å². The Morgan fingerprint density at radius 1 is 0.757 bits per heavy atom. The van der Waals surface area contributed by atoms with E-state index in [9.17, 15) is 19.2 Å². The first-order chi connectivity index (χ1) is 17.8. The molecule has 3 aromatic rings. The number of para-hydroxylation sites is 1. The molecule has 1 amide bonds. The second-order valence-electron chi connectivity index (χ2n) is 7.98. The van der Waals surface area contributed by atoms with Crippen LogP contribution in [0.1, 0.15) is 35.3 Å². The Labute approximate surface area is 214 Å². The number of rotatable bonds is 10. The van der Waals surface area contributed by atoms with Crippen molar-refractivity contribution in [2.45, 2.75) is 39.2 Å². The standard InChI is InChI=1S/C28H27NO8/c1-19(36-26(31)23-15-9-10-16-24(23)37-20(2)30)25(27(32)34-17-21-11-5-3-6-12-21)29-28(33)35-18-22-13-7-4-8-14-22/h3-16,19,25H,17-18H2,1-2H3,(H,29,33)/t19-,25?/m1/s1. The van der Waals surface area contributed by atoms with Crippen LogP contribution < -0.4 is 10.1 Å². The van der Waals surface area contributed by atoms with E-state index in [2.05, 4.69) is 5.32 Å². The average Bonchev–Trinajstić information content (AvgIpc) is 2.90. The van der Waals surface area contributed by atoms with Gasteiger partial charge in [0.15, 0.2) is 6.04 Å². The number of esters is 3. The number of hydrogen-bond donors (Lipinski definition) is 1. The summed E-state index contributed by atoms with van der Waals surface area (Å²) in [6, 6.07) is 22.6. The number of hydrogen-bond acceptors (Lipinski definition) is 8. The van der Waals surface area contributed by atoms with Gasteiger partial charge in [-0.1, -0.05) is 72.8 Å². The fraction of sp³-hybridized carbons (Fsp3) is 0.214. The van der Waals surface area contributed by atoms with E-state index >= 15 is 0 Å². The summed E-state index contributed by atoms with van der Waals surface area (Å²) in [6.07, 6.45) is -2.06. The van der Waals surface area contributed by atoms with Gasteiger partial charge in [0.05, 0.1) is 0 Å². The Balaban J connectivity index is 1.71. The third-order valence-electron chi connectivity index (χ3n) is 5.09. The number of alkyl carbamates (subject to hydrolysis) is 1. The Morgan fingerprint density at radius 3 is 1.89 bits per heavy atom. The normalized spacial score (nSPS) is 11.9. The summed E-state index contributed by atoms with van der Waals surface area (Å²) in [5, 5.41) is 2.43. The average molecular weight is 506 g/mol. The Bertz CT molecular complexity index is 1210. The molecule has 0 aliphatic rings. The molecule has 3 aromatic carbocycles. The smallest absolute Gasteiger partial charge is 0.408 e. The molecule has 9 nitrogen and oxygen atoms in total. The molecule has 0 fully saturated rings. The molecule has 0 radical (unpaired) electrons. The van der Waals surface area contributed by atoms with E-state index in [0.29, 0.717) is 0 Å². The molecule has 0 heterocycles. The molecule has 1 unspecified atom stereocenters. The summed E-state index contributed by atoms with van der Waals surface area (Å²) in [4.78, 5) is 49.7. The van der Waals surface area contributed by atoms with Gasteiger partial charge in [0.25, 0.3) is 0 Å². The van der Waals surface area contributed by atoms with E-state index in [0.717, 1.165) is 11.1 Å². The maximum atomic E-state index is 12.9. The summed E-state index contributed by atoms with van der Waals surface area (Å²) >= 11 is 0. The summed E-state index contributed by atoms with van der Waals surface area (Å²) in [7, 11) is 0. The quantitative estimate of drug-likeness (QED) is 0.248. The van der Waals surface area contributed by atoms with Gasteiger partial charge in [0, 0.05) is 6.92 Å². The van der Waals surface area contributed by atoms with Gasteiger partial charge in [-0.05, 0) is 30.2 Å². The fourth-order valence-corrected chi connectivity index (χ4v) is 3.26. The van der Waals surface area contributed by atoms with Crippen molar-refractivity contribution in [3.63, 3.8) is 0 Å². The zero-order chi connectivity index (χ0) is 26.6. The predicted molar refractivity (Wildman–Crippen MR) is 132 cm³/mol. The van der Waals surface area contributed by atoms with Gasteiger partial charge in [-0.15, -0.1) is 0 Å². The van der Waals surface area contributed by atoms with Crippen LogP contribution in [-0.2, 0) is 37.0 Å². The molecular weight excluding hydrogens is 478 g/mol. The molecule has 3 rings (SSSR count). The van der Waals surface area contributed by atoms with E-state index < -0.39 is 36.1 Å². The molecule has 9 heteroatoms. The molecule has 0 spiro atoms. The summed E-state index contributed by atoms with van der Waals surface area (Å²) < 4.78 is 21.1. The fourth-order valence-electron chi connectivity index (χ4n) is 3.26. The van der Waals surface area contributed by atoms with Gasteiger partial charge >= 0.3 is 24.0 Å². The molecule has 0 aliphatic carbocycles. The highest BCUT2D eigenvalue weighted by Gasteiger charge is 2.33. The second kappa shape index (κ2) is 13.4. The number of ether oxygens (including phenoxy) is 4. The van der Waals surface area contributed by atoms with Crippen molar-refractivity contribution in [2.24, 2.45) is 0 Å². The number of carbonyl (C=O) groups is 4. The van der Waals surface area contributed by atoms with Crippen molar-refractivity contribution < 1.29 is 38.1 Å². The first-order valence-electron chi connectivity index (χ1n) is 11.5. The molecule has 2 atom stereocenters. The van der Waals surface area contributed by atoms with Crippen LogP contribution in [-0.4, -0.2) is 36.1 Å². The Hall–Kier alpha value is -4.66. The van der Waals surface area contributed by atoms with Gasteiger partial charge in [-0.25, -0.2) is 14.4 Å². The highest BCUT2D eigenvalue weighted by Crippen LogP contribution is 2.20. The zero-order valence-electron chi connectivity index (χ0n) is 20.4. The maximum Gasteiger partial charge on any atom is 0.408 e. The molecule has 0 bridgehead atoms. The highest BCUT2D eigenvalue weighted by molar-refractivity contribution is 5.94. The lowest BCUT2D eigenvalue weighted by atomic mass is 10.1. The first-order valence-corrected chi connectivity index (χ1v) is 11.5. The maximum absolute atomic E-state index is 12.9. The molecule has 192 valence electrons. The minimum atomic E-state index is -1.38. The second-order valence-corrected chi connectivity index (χ2v) is 7.98. The Morgan fingerprint density at radius 2 is 1.30 bits per heavy atom. The van der Waals surface area contributed by atoms with Crippen LogP contribution in [0.15, 0.2) is 84.9 Å².